The summed E-state index contributed by atoms with van der Waals surface area (Å²) in [6.07, 6.45) is 4.71. The molecule has 1 aliphatic carbocycles. The van der Waals surface area contributed by atoms with Crippen molar-refractivity contribution < 1.29 is 4.79 Å². The molecule has 148 valence electrons. The van der Waals surface area contributed by atoms with E-state index in [-0.39, 0.29) is 11.2 Å². The standard InChI is InChI=1S/C25H22N4O/c1-5-15-9-19-20(10-18(15)16-12-27-29(4)13-16)25(2,3)24-22(23(19)30)17-7-6-14(11-26)8-21(17)28-24/h6-10,12-13,28H,5H2,1-4H3. The van der Waals surface area contributed by atoms with Crippen LogP contribution in [0.1, 0.15) is 59.1 Å². The predicted octanol–water partition coefficient (Wildman–Crippen LogP) is 4.87. The van der Waals surface area contributed by atoms with Crippen LogP contribution in [-0.4, -0.2) is 20.5 Å². The molecule has 0 unspecified atom stereocenters. The van der Waals surface area contributed by atoms with Crippen LogP contribution in [0.2, 0.25) is 0 Å². The van der Waals surface area contributed by atoms with Crippen LogP contribution in [0.15, 0.2) is 42.7 Å². The van der Waals surface area contributed by atoms with Gasteiger partial charge in [-0.2, -0.15) is 10.4 Å². The Balaban J connectivity index is 1.80. The number of aromatic amines is 1. The van der Waals surface area contributed by atoms with Gasteiger partial charge in [0.15, 0.2) is 5.78 Å². The fourth-order valence-corrected chi connectivity index (χ4v) is 4.71. The number of nitrogens with zero attached hydrogens (tertiary/aromatic N) is 3. The van der Waals surface area contributed by atoms with Crippen molar-refractivity contribution in [1.29, 1.82) is 5.26 Å². The van der Waals surface area contributed by atoms with Crippen LogP contribution in [0.5, 0.6) is 0 Å². The van der Waals surface area contributed by atoms with Gasteiger partial charge in [0.1, 0.15) is 0 Å². The van der Waals surface area contributed by atoms with Crippen molar-refractivity contribution in [1.82, 2.24) is 14.8 Å². The van der Waals surface area contributed by atoms with E-state index in [1.165, 1.54) is 0 Å². The number of rotatable bonds is 2. The van der Waals surface area contributed by atoms with E-state index in [1.54, 1.807) is 10.7 Å². The molecule has 1 N–H and O–H groups in total. The number of nitriles is 1. The van der Waals surface area contributed by atoms with Crippen molar-refractivity contribution in [2.45, 2.75) is 32.6 Å². The van der Waals surface area contributed by atoms with E-state index in [1.807, 2.05) is 31.6 Å². The number of aromatic nitrogens is 3. The first-order valence-electron chi connectivity index (χ1n) is 10.1. The van der Waals surface area contributed by atoms with Gasteiger partial charge in [0.05, 0.1) is 23.4 Å². The zero-order chi connectivity index (χ0) is 21.2. The zero-order valence-corrected chi connectivity index (χ0v) is 17.5. The number of hydrogen-bond donors (Lipinski definition) is 1. The average molecular weight is 394 g/mol. The summed E-state index contributed by atoms with van der Waals surface area (Å²) in [6, 6.07) is 11.9. The van der Waals surface area contributed by atoms with Crippen LogP contribution in [0.25, 0.3) is 22.0 Å². The van der Waals surface area contributed by atoms with E-state index in [2.05, 4.69) is 49.1 Å². The lowest BCUT2D eigenvalue weighted by Gasteiger charge is -2.33. The molecule has 0 atom stereocenters. The third-order valence-corrected chi connectivity index (χ3v) is 6.34. The highest BCUT2D eigenvalue weighted by atomic mass is 16.1. The zero-order valence-electron chi connectivity index (χ0n) is 17.5. The van der Waals surface area contributed by atoms with Gasteiger partial charge >= 0.3 is 0 Å². The number of benzene rings is 2. The third kappa shape index (κ3) is 2.40. The van der Waals surface area contributed by atoms with Gasteiger partial charge in [-0.3, -0.25) is 9.48 Å². The normalized spacial score (nSPS) is 14.4. The predicted molar refractivity (Wildman–Crippen MR) is 117 cm³/mol. The van der Waals surface area contributed by atoms with Gasteiger partial charge in [-0.1, -0.05) is 26.8 Å². The lowest BCUT2D eigenvalue weighted by Crippen LogP contribution is -2.30. The number of H-pyrrole nitrogens is 1. The topological polar surface area (TPSA) is 74.5 Å². The molecule has 1 aliphatic rings. The average Bonchev–Trinajstić information content (AvgIpc) is 3.35. The summed E-state index contributed by atoms with van der Waals surface area (Å²) in [5.74, 6) is 0.0442. The van der Waals surface area contributed by atoms with Crippen LogP contribution >= 0.6 is 0 Å². The Bertz CT molecular complexity index is 1390. The van der Waals surface area contributed by atoms with Crippen LogP contribution in [0.3, 0.4) is 0 Å². The number of ketones is 1. The van der Waals surface area contributed by atoms with Crippen molar-refractivity contribution in [3.63, 3.8) is 0 Å². The molecule has 0 amide bonds. The summed E-state index contributed by atoms with van der Waals surface area (Å²) in [6.45, 7) is 6.41. The van der Waals surface area contributed by atoms with E-state index in [0.29, 0.717) is 5.56 Å². The van der Waals surface area contributed by atoms with Crippen LogP contribution < -0.4 is 0 Å². The Morgan fingerprint density at radius 3 is 2.67 bits per heavy atom. The first-order chi connectivity index (χ1) is 14.3. The Morgan fingerprint density at radius 2 is 2.00 bits per heavy atom. The molecule has 2 aromatic carbocycles. The fourth-order valence-electron chi connectivity index (χ4n) is 4.71. The van der Waals surface area contributed by atoms with E-state index < -0.39 is 0 Å². The number of aryl methyl sites for hydroxylation is 2. The first-order valence-corrected chi connectivity index (χ1v) is 10.1. The maximum atomic E-state index is 13.6. The van der Waals surface area contributed by atoms with E-state index in [4.69, 9.17) is 0 Å². The minimum atomic E-state index is -0.381. The highest BCUT2D eigenvalue weighted by Crippen LogP contribution is 2.45. The Labute approximate surface area is 175 Å². The second-order valence-corrected chi connectivity index (χ2v) is 8.51. The quantitative estimate of drug-likeness (QED) is 0.527. The Morgan fingerprint density at radius 1 is 1.20 bits per heavy atom. The monoisotopic (exact) mass is 394 g/mol. The molecule has 4 aromatic rings. The molecule has 0 saturated heterocycles. The third-order valence-electron chi connectivity index (χ3n) is 6.34. The lowest BCUT2D eigenvalue weighted by molar-refractivity contribution is 0.103. The SMILES string of the molecule is CCc1cc2c(cc1-c1cnn(C)c1)C(C)(C)c1[nH]c3cc(C#N)ccc3c1C2=O. The van der Waals surface area contributed by atoms with E-state index in [9.17, 15) is 10.1 Å². The van der Waals surface area contributed by atoms with Crippen LogP contribution in [0.4, 0.5) is 0 Å². The van der Waals surface area contributed by atoms with Crippen molar-refractivity contribution in [2.24, 2.45) is 7.05 Å². The summed E-state index contributed by atoms with van der Waals surface area (Å²) in [5.41, 5.74) is 7.76. The minimum absolute atomic E-state index is 0.0442. The van der Waals surface area contributed by atoms with Crippen molar-refractivity contribution in [3.05, 3.63) is 76.2 Å². The number of hydrogen-bond acceptors (Lipinski definition) is 3. The Kier molecular flexibility index (Phi) is 3.78. The maximum Gasteiger partial charge on any atom is 0.195 e. The molecule has 0 radical (unpaired) electrons. The van der Waals surface area contributed by atoms with E-state index >= 15 is 0 Å². The molecule has 5 heteroatoms. The second-order valence-electron chi connectivity index (χ2n) is 8.51. The van der Waals surface area contributed by atoms with Crippen molar-refractivity contribution >= 4 is 16.7 Å². The molecule has 0 aliphatic heterocycles. The van der Waals surface area contributed by atoms with Crippen molar-refractivity contribution in [2.75, 3.05) is 0 Å². The number of nitrogens with one attached hydrogen (secondary N) is 1. The van der Waals surface area contributed by atoms with Crippen LogP contribution in [-0.2, 0) is 18.9 Å². The molecule has 5 rings (SSSR count). The van der Waals surface area contributed by atoms with Crippen molar-refractivity contribution in [3.8, 4) is 17.2 Å². The Hall–Kier alpha value is -3.65. The molecular weight excluding hydrogens is 372 g/mol. The van der Waals surface area contributed by atoms with E-state index in [0.717, 1.165) is 56.4 Å². The summed E-state index contributed by atoms with van der Waals surface area (Å²) in [7, 11) is 1.91. The molecule has 30 heavy (non-hydrogen) atoms. The molecule has 2 aromatic heterocycles. The summed E-state index contributed by atoms with van der Waals surface area (Å²) in [5, 5.41) is 14.5. The van der Waals surface area contributed by atoms with Gasteiger partial charge in [-0.05, 0) is 47.4 Å². The first kappa shape index (κ1) is 18.4. The van der Waals surface area contributed by atoms with Gasteiger partial charge in [-0.15, -0.1) is 0 Å². The van der Waals surface area contributed by atoms with Gasteiger partial charge in [0.25, 0.3) is 0 Å². The van der Waals surface area contributed by atoms with Gasteiger partial charge in [0.2, 0.25) is 0 Å². The van der Waals surface area contributed by atoms with Crippen LogP contribution in [0, 0.1) is 11.3 Å². The summed E-state index contributed by atoms with van der Waals surface area (Å²) in [4.78, 5) is 17.1. The number of carbonyl (C=O) groups is 1. The largest absolute Gasteiger partial charge is 0.357 e. The highest BCUT2D eigenvalue weighted by Gasteiger charge is 2.40. The lowest BCUT2D eigenvalue weighted by atomic mass is 9.70. The molecule has 0 saturated carbocycles. The smallest absolute Gasteiger partial charge is 0.195 e. The summed E-state index contributed by atoms with van der Waals surface area (Å²) >= 11 is 0. The van der Waals surface area contributed by atoms with Gasteiger partial charge in [-0.25, -0.2) is 0 Å². The number of carbonyl (C=O) groups excluding carboxylic acids is 1. The molecule has 0 spiro atoms. The molecule has 2 heterocycles. The molecular formula is C25H22N4O. The highest BCUT2D eigenvalue weighted by molar-refractivity contribution is 6.20. The molecule has 0 fully saturated rings. The van der Waals surface area contributed by atoms with Gasteiger partial charge < -0.3 is 4.98 Å². The summed E-state index contributed by atoms with van der Waals surface area (Å²) < 4.78 is 1.80. The minimum Gasteiger partial charge on any atom is -0.357 e. The number of fused-ring (bicyclic) bond motifs is 4. The van der Waals surface area contributed by atoms with Gasteiger partial charge in [0, 0.05) is 46.4 Å². The maximum absolute atomic E-state index is 13.6. The molecule has 5 nitrogen and oxygen atoms in total. The second kappa shape index (κ2) is 6.17. The molecule has 0 bridgehead atoms. The fraction of sp³-hybridized carbons (Fsp3) is 0.240.